The first-order valence-corrected chi connectivity index (χ1v) is 13.9. The first-order chi connectivity index (χ1) is 15.9. The van der Waals surface area contributed by atoms with E-state index < -0.39 is 10.0 Å². The standard InChI is InChI=1S/C23H23N3O4S3/c1-26(13-16-5-4-12-30-16)33(28,29)17-10-8-15(9-11-17)22(27)25-23-24-21-18-6-2-3-7-19(18)31-14-20(21)32-23/h2-3,6-11,16H,4-5,12-14H2,1H3,(H,24,25,27)/t16-/m1/s1. The first-order valence-electron chi connectivity index (χ1n) is 10.6. The van der Waals surface area contributed by atoms with E-state index in [9.17, 15) is 13.2 Å². The van der Waals surface area contributed by atoms with Gasteiger partial charge in [-0.2, -0.15) is 4.31 Å². The molecule has 0 aliphatic carbocycles. The number of aromatic nitrogens is 1. The number of hydrogen-bond donors (Lipinski definition) is 1. The average Bonchev–Trinajstić information content (AvgIpc) is 3.48. The second-order valence-corrected chi connectivity index (χ2v) is 12.1. The van der Waals surface area contributed by atoms with E-state index in [1.807, 2.05) is 18.2 Å². The third kappa shape index (κ3) is 4.58. The molecule has 1 N–H and O–H groups in total. The van der Waals surface area contributed by atoms with Crippen LogP contribution < -0.4 is 5.32 Å². The quantitative estimate of drug-likeness (QED) is 0.536. The highest BCUT2D eigenvalue weighted by Crippen LogP contribution is 2.44. The van der Waals surface area contributed by atoms with Crippen molar-refractivity contribution in [3.63, 3.8) is 0 Å². The Morgan fingerprint density at radius 2 is 2.00 bits per heavy atom. The minimum absolute atomic E-state index is 0.0655. The van der Waals surface area contributed by atoms with Gasteiger partial charge in [0.2, 0.25) is 10.0 Å². The summed E-state index contributed by atoms with van der Waals surface area (Å²) in [6, 6.07) is 14.1. The molecular weight excluding hydrogens is 478 g/mol. The molecule has 1 fully saturated rings. The smallest absolute Gasteiger partial charge is 0.257 e. The summed E-state index contributed by atoms with van der Waals surface area (Å²) in [5.74, 6) is 0.505. The molecule has 172 valence electrons. The Balaban J connectivity index is 1.28. The van der Waals surface area contributed by atoms with Crippen LogP contribution in [0.1, 0.15) is 28.1 Å². The zero-order valence-electron chi connectivity index (χ0n) is 18.0. The number of sulfonamides is 1. The number of hydrogen-bond acceptors (Lipinski definition) is 7. The van der Waals surface area contributed by atoms with Crippen molar-refractivity contribution in [3.05, 3.63) is 59.0 Å². The van der Waals surface area contributed by atoms with E-state index >= 15 is 0 Å². The summed E-state index contributed by atoms with van der Waals surface area (Å²) in [7, 11) is -2.10. The minimum atomic E-state index is -3.65. The molecule has 33 heavy (non-hydrogen) atoms. The van der Waals surface area contributed by atoms with Crippen LogP contribution in [-0.4, -0.2) is 49.9 Å². The zero-order chi connectivity index (χ0) is 23.0. The van der Waals surface area contributed by atoms with Crippen molar-refractivity contribution < 1.29 is 17.9 Å². The summed E-state index contributed by atoms with van der Waals surface area (Å²) >= 11 is 3.23. The monoisotopic (exact) mass is 501 g/mol. The van der Waals surface area contributed by atoms with E-state index in [1.54, 1.807) is 18.8 Å². The number of amides is 1. The predicted octanol–water partition coefficient (Wildman–Crippen LogP) is 4.47. The van der Waals surface area contributed by atoms with Crippen LogP contribution in [0.5, 0.6) is 0 Å². The van der Waals surface area contributed by atoms with Gasteiger partial charge in [-0.15, -0.1) is 23.1 Å². The average molecular weight is 502 g/mol. The molecule has 0 spiro atoms. The molecule has 2 aliphatic rings. The van der Waals surface area contributed by atoms with Crippen LogP contribution in [0.4, 0.5) is 5.13 Å². The molecule has 10 heteroatoms. The lowest BCUT2D eigenvalue weighted by Crippen LogP contribution is -2.34. The molecule has 1 aromatic heterocycles. The topological polar surface area (TPSA) is 88.6 Å². The normalized spacial score (nSPS) is 17.6. The molecule has 5 rings (SSSR count). The van der Waals surface area contributed by atoms with Crippen molar-refractivity contribution in [3.8, 4) is 11.3 Å². The lowest BCUT2D eigenvalue weighted by molar-refractivity contribution is 0.0979. The van der Waals surface area contributed by atoms with Crippen LogP contribution in [0.3, 0.4) is 0 Å². The van der Waals surface area contributed by atoms with Crippen LogP contribution in [0, 0.1) is 0 Å². The first kappa shape index (κ1) is 22.5. The number of thioether (sulfide) groups is 1. The number of carbonyl (C=O) groups excluding carboxylic acids is 1. The van der Waals surface area contributed by atoms with Crippen molar-refractivity contribution in [2.45, 2.75) is 34.5 Å². The Morgan fingerprint density at radius 1 is 1.21 bits per heavy atom. The lowest BCUT2D eigenvalue weighted by Gasteiger charge is -2.20. The maximum Gasteiger partial charge on any atom is 0.257 e. The molecule has 0 saturated carbocycles. The van der Waals surface area contributed by atoms with Gasteiger partial charge >= 0.3 is 0 Å². The summed E-state index contributed by atoms with van der Waals surface area (Å²) in [5.41, 5.74) is 2.38. The number of benzene rings is 2. The van der Waals surface area contributed by atoms with E-state index in [2.05, 4.69) is 16.4 Å². The van der Waals surface area contributed by atoms with Crippen LogP contribution in [-0.2, 0) is 20.5 Å². The van der Waals surface area contributed by atoms with Crippen molar-refractivity contribution in [1.82, 2.24) is 9.29 Å². The molecule has 3 heterocycles. The molecule has 1 atom stereocenters. The number of ether oxygens (including phenoxy) is 1. The number of anilines is 1. The van der Waals surface area contributed by atoms with Gasteiger partial charge in [-0.1, -0.05) is 18.2 Å². The van der Waals surface area contributed by atoms with Gasteiger partial charge in [0.1, 0.15) is 0 Å². The third-order valence-corrected chi connectivity index (χ3v) is 9.82. The van der Waals surface area contributed by atoms with Crippen molar-refractivity contribution in [2.75, 3.05) is 25.5 Å². The highest BCUT2D eigenvalue weighted by molar-refractivity contribution is 7.98. The van der Waals surface area contributed by atoms with Gasteiger partial charge in [0, 0.05) is 46.9 Å². The van der Waals surface area contributed by atoms with E-state index in [1.165, 1.54) is 44.8 Å². The molecule has 3 aromatic rings. The molecule has 7 nitrogen and oxygen atoms in total. The van der Waals surface area contributed by atoms with Gasteiger partial charge in [-0.3, -0.25) is 10.1 Å². The van der Waals surface area contributed by atoms with Crippen LogP contribution in [0.25, 0.3) is 11.3 Å². The molecular formula is C23H23N3O4S3. The molecule has 1 saturated heterocycles. The highest BCUT2D eigenvalue weighted by atomic mass is 32.2. The second-order valence-electron chi connectivity index (χ2n) is 7.97. The zero-order valence-corrected chi connectivity index (χ0v) is 20.4. The van der Waals surface area contributed by atoms with E-state index in [-0.39, 0.29) is 16.9 Å². The minimum Gasteiger partial charge on any atom is -0.377 e. The van der Waals surface area contributed by atoms with Gasteiger partial charge in [0.25, 0.3) is 5.91 Å². The van der Waals surface area contributed by atoms with Gasteiger partial charge < -0.3 is 4.74 Å². The van der Waals surface area contributed by atoms with Crippen LogP contribution in [0.2, 0.25) is 0 Å². The maximum absolute atomic E-state index is 12.9. The number of fused-ring (bicyclic) bond motifs is 3. The second kappa shape index (κ2) is 9.19. The van der Waals surface area contributed by atoms with E-state index in [4.69, 9.17) is 4.74 Å². The molecule has 0 bridgehead atoms. The maximum atomic E-state index is 12.9. The number of rotatable bonds is 6. The number of likely N-dealkylation sites (N-methyl/N-ethyl adjacent to an activating group) is 1. The van der Waals surface area contributed by atoms with Crippen LogP contribution in [0.15, 0.2) is 58.3 Å². The van der Waals surface area contributed by atoms with Gasteiger partial charge in [0.05, 0.1) is 16.7 Å². The molecule has 0 radical (unpaired) electrons. The Bertz CT molecular complexity index is 1280. The number of nitrogens with one attached hydrogen (secondary N) is 1. The predicted molar refractivity (Wildman–Crippen MR) is 130 cm³/mol. The molecule has 0 unspecified atom stereocenters. The Labute approximate surface area is 201 Å². The van der Waals surface area contributed by atoms with Crippen LogP contribution >= 0.6 is 23.1 Å². The fraction of sp³-hybridized carbons (Fsp3) is 0.304. The van der Waals surface area contributed by atoms with Gasteiger partial charge in [-0.05, 0) is 43.2 Å². The number of carbonyl (C=O) groups is 1. The van der Waals surface area contributed by atoms with Gasteiger partial charge in [-0.25, -0.2) is 13.4 Å². The Hall–Kier alpha value is -2.24. The number of thiazole rings is 1. The largest absolute Gasteiger partial charge is 0.377 e. The number of nitrogens with zero attached hydrogens (tertiary/aromatic N) is 2. The summed E-state index contributed by atoms with van der Waals surface area (Å²) in [5, 5.41) is 3.40. The van der Waals surface area contributed by atoms with Crippen molar-refractivity contribution in [1.29, 1.82) is 0 Å². The van der Waals surface area contributed by atoms with Gasteiger partial charge in [0.15, 0.2) is 5.13 Å². The summed E-state index contributed by atoms with van der Waals surface area (Å²) in [6.45, 7) is 0.997. The van der Waals surface area contributed by atoms with E-state index in [0.29, 0.717) is 23.8 Å². The third-order valence-electron chi connectivity index (χ3n) is 5.73. The highest BCUT2D eigenvalue weighted by Gasteiger charge is 2.26. The lowest BCUT2D eigenvalue weighted by atomic mass is 10.1. The van der Waals surface area contributed by atoms with Crippen molar-refractivity contribution in [2.24, 2.45) is 0 Å². The molecule has 1 amide bonds. The SMILES string of the molecule is CN(C[C@H]1CCCO1)S(=O)(=O)c1ccc(C(=O)Nc2nc3c(s2)CSc2ccccc2-3)cc1. The van der Waals surface area contributed by atoms with Crippen molar-refractivity contribution >= 4 is 44.2 Å². The summed E-state index contributed by atoms with van der Waals surface area (Å²) in [4.78, 5) is 19.9. The fourth-order valence-corrected chi connectivity index (χ4v) is 7.25. The molecule has 2 aromatic carbocycles. The fourth-order valence-electron chi connectivity index (χ4n) is 3.95. The Morgan fingerprint density at radius 3 is 2.76 bits per heavy atom. The summed E-state index contributed by atoms with van der Waals surface area (Å²) in [6.07, 6.45) is 1.75. The Kier molecular flexibility index (Phi) is 6.28. The molecule has 2 aliphatic heterocycles. The van der Waals surface area contributed by atoms with E-state index in [0.717, 1.165) is 34.7 Å². The summed E-state index contributed by atoms with van der Waals surface area (Å²) < 4.78 is 32.6.